The Hall–Kier alpha value is -3.08. The van der Waals surface area contributed by atoms with Crippen LogP contribution in [0.2, 0.25) is 0 Å². The first-order valence-electron chi connectivity index (χ1n) is 8.25. The van der Waals surface area contributed by atoms with Crippen molar-refractivity contribution in [3.8, 4) is 0 Å². The number of hydrogen-bond donors (Lipinski definition) is 1. The van der Waals surface area contributed by atoms with E-state index in [1.54, 1.807) is 24.8 Å². The summed E-state index contributed by atoms with van der Waals surface area (Å²) in [4.78, 5) is 25.1. The smallest absolute Gasteiger partial charge is 0.255 e. The molecular weight excluding hydrogens is 312 g/mol. The maximum atomic E-state index is 12.7. The van der Waals surface area contributed by atoms with Gasteiger partial charge in [-0.15, -0.1) is 0 Å². The van der Waals surface area contributed by atoms with Crippen molar-refractivity contribution < 1.29 is 4.79 Å². The first-order chi connectivity index (χ1) is 12.2. The minimum atomic E-state index is -0.262. The van der Waals surface area contributed by atoms with Crippen LogP contribution in [0.3, 0.4) is 0 Å². The number of aromatic nitrogens is 3. The lowest BCUT2D eigenvalue weighted by atomic mass is 9.98. The molecule has 0 fully saturated rings. The zero-order chi connectivity index (χ0) is 17.6. The Morgan fingerprint density at radius 1 is 1.00 bits per heavy atom. The molecule has 0 aliphatic rings. The standard InChI is InChI=1S/C20H20N4O/c1-3-18-22-12-17(13-23-18)20(25)24-19(16-8-10-21-11-9-16)15-6-4-14(2)5-7-15/h4-13,19H,3H2,1-2H3,(H,24,25). The quantitative estimate of drug-likeness (QED) is 0.779. The van der Waals surface area contributed by atoms with E-state index in [1.807, 2.05) is 50.2 Å². The Balaban J connectivity index is 1.89. The van der Waals surface area contributed by atoms with E-state index >= 15 is 0 Å². The molecule has 3 rings (SSSR count). The molecule has 0 radical (unpaired) electrons. The third-order valence-electron chi connectivity index (χ3n) is 4.01. The highest BCUT2D eigenvalue weighted by Gasteiger charge is 2.18. The zero-order valence-electron chi connectivity index (χ0n) is 14.3. The van der Waals surface area contributed by atoms with E-state index in [1.165, 1.54) is 5.56 Å². The maximum absolute atomic E-state index is 12.7. The van der Waals surface area contributed by atoms with Gasteiger partial charge in [0.1, 0.15) is 5.82 Å². The van der Waals surface area contributed by atoms with Gasteiger partial charge in [0.2, 0.25) is 0 Å². The number of aryl methyl sites for hydroxylation is 2. The Bertz CT molecular complexity index is 830. The van der Waals surface area contributed by atoms with Gasteiger partial charge in [-0.1, -0.05) is 36.8 Å². The van der Waals surface area contributed by atoms with Crippen LogP contribution in [0.25, 0.3) is 0 Å². The van der Waals surface area contributed by atoms with Crippen molar-refractivity contribution in [3.05, 3.63) is 89.3 Å². The number of amides is 1. The fraction of sp³-hybridized carbons (Fsp3) is 0.200. The van der Waals surface area contributed by atoms with E-state index in [0.29, 0.717) is 5.56 Å². The van der Waals surface area contributed by atoms with E-state index in [4.69, 9.17) is 0 Å². The summed E-state index contributed by atoms with van der Waals surface area (Å²) in [6, 6.07) is 11.7. The average molecular weight is 332 g/mol. The van der Waals surface area contributed by atoms with Gasteiger partial charge in [0, 0.05) is 31.2 Å². The number of carbonyl (C=O) groups excluding carboxylic acids is 1. The monoisotopic (exact) mass is 332 g/mol. The third kappa shape index (κ3) is 4.07. The van der Waals surface area contributed by atoms with Crippen molar-refractivity contribution in [3.63, 3.8) is 0 Å². The molecule has 126 valence electrons. The molecule has 5 heteroatoms. The summed E-state index contributed by atoms with van der Waals surface area (Å²) in [5.41, 5.74) is 3.60. The number of nitrogens with zero attached hydrogens (tertiary/aromatic N) is 3. The fourth-order valence-corrected chi connectivity index (χ4v) is 2.54. The van der Waals surface area contributed by atoms with Gasteiger partial charge in [-0.2, -0.15) is 0 Å². The van der Waals surface area contributed by atoms with Gasteiger partial charge < -0.3 is 5.32 Å². The minimum Gasteiger partial charge on any atom is -0.341 e. The highest BCUT2D eigenvalue weighted by atomic mass is 16.1. The van der Waals surface area contributed by atoms with Crippen molar-refractivity contribution in [1.29, 1.82) is 0 Å². The Morgan fingerprint density at radius 3 is 2.20 bits per heavy atom. The molecule has 5 nitrogen and oxygen atoms in total. The van der Waals surface area contributed by atoms with Crippen molar-refractivity contribution in [2.75, 3.05) is 0 Å². The normalized spacial score (nSPS) is 11.8. The van der Waals surface area contributed by atoms with Gasteiger partial charge in [0.15, 0.2) is 0 Å². The molecule has 2 aromatic heterocycles. The van der Waals surface area contributed by atoms with Crippen LogP contribution in [0, 0.1) is 6.92 Å². The number of carbonyl (C=O) groups is 1. The zero-order valence-corrected chi connectivity index (χ0v) is 14.3. The highest BCUT2D eigenvalue weighted by Crippen LogP contribution is 2.22. The van der Waals surface area contributed by atoms with E-state index in [2.05, 4.69) is 20.3 Å². The first kappa shape index (κ1) is 16.8. The van der Waals surface area contributed by atoms with Crippen molar-refractivity contribution in [2.24, 2.45) is 0 Å². The van der Waals surface area contributed by atoms with Gasteiger partial charge in [-0.25, -0.2) is 9.97 Å². The molecule has 1 unspecified atom stereocenters. The molecular formula is C20H20N4O. The topological polar surface area (TPSA) is 67.8 Å². The lowest BCUT2D eigenvalue weighted by Gasteiger charge is -2.20. The number of pyridine rings is 1. The van der Waals surface area contributed by atoms with Crippen molar-refractivity contribution in [1.82, 2.24) is 20.3 Å². The Morgan fingerprint density at radius 2 is 1.60 bits per heavy atom. The molecule has 1 amide bonds. The van der Waals surface area contributed by atoms with Gasteiger partial charge in [0.05, 0.1) is 11.6 Å². The van der Waals surface area contributed by atoms with Gasteiger partial charge in [-0.3, -0.25) is 9.78 Å². The van der Waals surface area contributed by atoms with Crippen molar-refractivity contribution >= 4 is 5.91 Å². The second-order valence-electron chi connectivity index (χ2n) is 5.84. The Labute approximate surface area is 147 Å². The molecule has 0 bridgehead atoms. The molecule has 0 aliphatic heterocycles. The summed E-state index contributed by atoms with van der Waals surface area (Å²) in [5, 5.41) is 3.08. The van der Waals surface area contributed by atoms with E-state index in [9.17, 15) is 4.79 Å². The fourth-order valence-electron chi connectivity index (χ4n) is 2.54. The molecule has 1 atom stereocenters. The van der Waals surface area contributed by atoms with Gasteiger partial charge >= 0.3 is 0 Å². The molecule has 0 aliphatic carbocycles. The summed E-state index contributed by atoms with van der Waals surface area (Å²) in [5.74, 6) is 0.519. The molecule has 1 aromatic carbocycles. The van der Waals surface area contributed by atoms with Crippen LogP contribution in [0.5, 0.6) is 0 Å². The summed E-state index contributed by atoms with van der Waals surface area (Å²) < 4.78 is 0. The van der Waals surface area contributed by atoms with E-state index in [0.717, 1.165) is 23.4 Å². The molecule has 0 spiro atoms. The number of nitrogens with one attached hydrogen (secondary N) is 1. The number of hydrogen-bond acceptors (Lipinski definition) is 4. The van der Waals surface area contributed by atoms with Crippen LogP contribution < -0.4 is 5.32 Å². The lowest BCUT2D eigenvalue weighted by Crippen LogP contribution is -2.29. The molecule has 3 aromatic rings. The van der Waals surface area contributed by atoms with Crippen LogP contribution in [0.4, 0.5) is 0 Å². The molecule has 0 saturated carbocycles. The first-order valence-corrected chi connectivity index (χ1v) is 8.25. The second kappa shape index (κ2) is 7.66. The van der Waals surface area contributed by atoms with Crippen LogP contribution in [-0.2, 0) is 6.42 Å². The Kier molecular flexibility index (Phi) is 5.14. The van der Waals surface area contributed by atoms with Gasteiger partial charge in [-0.05, 0) is 30.2 Å². The molecule has 1 N–H and O–H groups in total. The summed E-state index contributed by atoms with van der Waals surface area (Å²) in [6.45, 7) is 4.02. The largest absolute Gasteiger partial charge is 0.341 e. The van der Waals surface area contributed by atoms with Crippen LogP contribution in [-0.4, -0.2) is 20.9 Å². The molecule has 0 saturated heterocycles. The number of benzene rings is 1. The third-order valence-corrected chi connectivity index (χ3v) is 4.01. The SMILES string of the molecule is CCc1ncc(C(=O)NC(c2ccncc2)c2ccc(C)cc2)cn1. The van der Waals surface area contributed by atoms with E-state index in [-0.39, 0.29) is 11.9 Å². The lowest BCUT2D eigenvalue weighted by molar-refractivity contribution is 0.0942. The van der Waals surface area contributed by atoms with Gasteiger partial charge in [0.25, 0.3) is 5.91 Å². The summed E-state index contributed by atoms with van der Waals surface area (Å²) >= 11 is 0. The van der Waals surface area contributed by atoms with Crippen LogP contribution in [0.15, 0.2) is 61.2 Å². The van der Waals surface area contributed by atoms with Crippen LogP contribution in [0.1, 0.15) is 45.8 Å². The average Bonchev–Trinajstić information content (AvgIpc) is 2.67. The highest BCUT2D eigenvalue weighted by molar-refractivity contribution is 5.94. The second-order valence-corrected chi connectivity index (χ2v) is 5.84. The predicted molar refractivity (Wildman–Crippen MR) is 96.1 cm³/mol. The number of rotatable bonds is 5. The van der Waals surface area contributed by atoms with Crippen LogP contribution >= 0.6 is 0 Å². The van der Waals surface area contributed by atoms with E-state index < -0.39 is 0 Å². The predicted octanol–water partition coefficient (Wildman–Crippen LogP) is 3.26. The summed E-state index contributed by atoms with van der Waals surface area (Å²) in [6.07, 6.45) is 7.33. The maximum Gasteiger partial charge on any atom is 0.255 e. The minimum absolute atomic E-state index is 0.204. The molecule has 25 heavy (non-hydrogen) atoms. The van der Waals surface area contributed by atoms with Crippen molar-refractivity contribution in [2.45, 2.75) is 26.3 Å². The summed E-state index contributed by atoms with van der Waals surface area (Å²) in [7, 11) is 0. The molecule has 2 heterocycles.